The second kappa shape index (κ2) is 5.72. The van der Waals surface area contributed by atoms with Crippen LogP contribution in [0.1, 0.15) is 39.3 Å². The number of pyridine rings is 1. The van der Waals surface area contributed by atoms with E-state index in [2.05, 4.69) is 17.2 Å². The van der Waals surface area contributed by atoms with Crippen LogP contribution in [-0.2, 0) is 4.79 Å². The molecule has 1 fully saturated rings. The van der Waals surface area contributed by atoms with E-state index in [-0.39, 0.29) is 23.3 Å². The van der Waals surface area contributed by atoms with Gasteiger partial charge in [-0.25, -0.2) is 4.98 Å². The quantitative estimate of drug-likeness (QED) is 0.892. The molecule has 0 amide bonds. The zero-order valence-corrected chi connectivity index (χ0v) is 12.6. The molecule has 1 aliphatic rings. The minimum Gasteiger partial charge on any atom is -0.481 e. The van der Waals surface area contributed by atoms with Crippen molar-refractivity contribution < 1.29 is 9.90 Å². The van der Waals surface area contributed by atoms with Crippen molar-refractivity contribution in [3.8, 4) is 6.07 Å². The molecule has 21 heavy (non-hydrogen) atoms. The fraction of sp³-hybridized carbons (Fsp3) is 0.562. The van der Waals surface area contributed by atoms with Gasteiger partial charge in [-0.15, -0.1) is 0 Å². The van der Waals surface area contributed by atoms with Gasteiger partial charge in [0.25, 0.3) is 0 Å². The van der Waals surface area contributed by atoms with Gasteiger partial charge in [0.05, 0.1) is 5.92 Å². The van der Waals surface area contributed by atoms with Crippen LogP contribution in [0, 0.1) is 28.6 Å². The maximum Gasteiger partial charge on any atom is 0.307 e. The molecule has 1 aliphatic carbocycles. The van der Waals surface area contributed by atoms with E-state index < -0.39 is 5.97 Å². The fourth-order valence-electron chi connectivity index (χ4n) is 3.21. The maximum absolute atomic E-state index is 11.4. The zero-order valence-electron chi connectivity index (χ0n) is 12.6. The second-order valence-corrected chi connectivity index (χ2v) is 6.35. The standard InChI is InChI=1S/C16H21N3O2/c1-10-13(8-7-12(15(20)21)16(10,2)3)19-14-6-4-5-11(9-17)18-14/h4-6,10,12-13H,7-8H2,1-3H3,(H,18,19)(H,20,21). The predicted octanol–water partition coefficient (Wildman–Crippen LogP) is 2.89. The Kier molecular flexibility index (Phi) is 4.17. The number of hydrogen-bond acceptors (Lipinski definition) is 4. The van der Waals surface area contributed by atoms with Gasteiger partial charge in [0.2, 0.25) is 0 Å². The Bertz CT molecular complexity index is 577. The third-order valence-electron chi connectivity index (χ3n) is 4.94. The number of nitrogens with one attached hydrogen (secondary N) is 1. The molecule has 0 aliphatic heterocycles. The number of hydrogen-bond donors (Lipinski definition) is 2. The van der Waals surface area contributed by atoms with Crippen molar-refractivity contribution in [1.82, 2.24) is 4.98 Å². The van der Waals surface area contributed by atoms with Gasteiger partial charge in [-0.05, 0) is 36.3 Å². The summed E-state index contributed by atoms with van der Waals surface area (Å²) in [6.45, 7) is 6.12. The summed E-state index contributed by atoms with van der Waals surface area (Å²) in [5, 5.41) is 21.6. The lowest BCUT2D eigenvalue weighted by Crippen LogP contribution is -2.48. The average molecular weight is 287 g/mol. The van der Waals surface area contributed by atoms with Crippen LogP contribution >= 0.6 is 0 Å². The van der Waals surface area contributed by atoms with Crippen LogP contribution in [0.4, 0.5) is 5.82 Å². The number of carboxylic acids is 1. The minimum atomic E-state index is -0.713. The molecule has 3 unspecified atom stereocenters. The highest BCUT2D eigenvalue weighted by Gasteiger charge is 2.46. The predicted molar refractivity (Wildman–Crippen MR) is 79.7 cm³/mol. The maximum atomic E-state index is 11.4. The first kappa shape index (κ1) is 15.3. The van der Waals surface area contributed by atoms with Gasteiger partial charge in [0, 0.05) is 6.04 Å². The molecule has 1 aromatic heterocycles. The molecule has 3 atom stereocenters. The first-order valence-electron chi connectivity index (χ1n) is 7.22. The van der Waals surface area contributed by atoms with Crippen LogP contribution < -0.4 is 5.32 Å². The van der Waals surface area contributed by atoms with Crippen molar-refractivity contribution in [2.24, 2.45) is 17.3 Å². The topological polar surface area (TPSA) is 86.0 Å². The Morgan fingerprint density at radius 2 is 2.19 bits per heavy atom. The van der Waals surface area contributed by atoms with Gasteiger partial charge < -0.3 is 10.4 Å². The van der Waals surface area contributed by atoms with Crippen LogP contribution in [0.25, 0.3) is 0 Å². The number of aliphatic carboxylic acids is 1. The largest absolute Gasteiger partial charge is 0.481 e. The normalized spacial score (nSPS) is 27.6. The highest BCUT2D eigenvalue weighted by atomic mass is 16.4. The number of aromatic nitrogens is 1. The van der Waals surface area contributed by atoms with Crippen molar-refractivity contribution in [3.05, 3.63) is 23.9 Å². The summed E-state index contributed by atoms with van der Waals surface area (Å²) >= 11 is 0. The van der Waals surface area contributed by atoms with Gasteiger partial charge in [0.15, 0.2) is 0 Å². The average Bonchev–Trinajstić information content (AvgIpc) is 2.44. The van der Waals surface area contributed by atoms with Crippen molar-refractivity contribution in [1.29, 1.82) is 5.26 Å². The van der Waals surface area contributed by atoms with E-state index in [0.717, 1.165) is 6.42 Å². The number of carbonyl (C=O) groups is 1. The first-order valence-corrected chi connectivity index (χ1v) is 7.22. The van der Waals surface area contributed by atoms with E-state index in [4.69, 9.17) is 5.26 Å². The SMILES string of the molecule is CC1C(Nc2cccc(C#N)n2)CCC(C(=O)O)C1(C)C. The fourth-order valence-corrected chi connectivity index (χ4v) is 3.21. The highest BCUT2D eigenvalue weighted by Crippen LogP contribution is 2.45. The monoisotopic (exact) mass is 287 g/mol. The van der Waals surface area contributed by atoms with E-state index in [1.54, 1.807) is 12.1 Å². The summed E-state index contributed by atoms with van der Waals surface area (Å²) in [4.78, 5) is 15.6. The van der Waals surface area contributed by atoms with Crippen molar-refractivity contribution in [2.75, 3.05) is 5.32 Å². The molecular weight excluding hydrogens is 266 g/mol. The molecule has 0 spiro atoms. The molecule has 2 rings (SSSR count). The zero-order chi connectivity index (χ0) is 15.6. The molecule has 1 heterocycles. The van der Waals surface area contributed by atoms with Gasteiger partial charge in [-0.2, -0.15) is 5.26 Å². The summed E-state index contributed by atoms with van der Waals surface area (Å²) in [5.74, 6) is -0.158. The van der Waals surface area contributed by atoms with Crippen molar-refractivity contribution in [2.45, 2.75) is 39.7 Å². The second-order valence-electron chi connectivity index (χ2n) is 6.35. The van der Waals surface area contributed by atoms with Crippen molar-refractivity contribution >= 4 is 11.8 Å². The Labute approximate surface area is 125 Å². The third-order valence-corrected chi connectivity index (χ3v) is 4.94. The summed E-state index contributed by atoms with van der Waals surface area (Å²) in [7, 11) is 0. The lowest BCUT2D eigenvalue weighted by atomic mass is 9.61. The highest BCUT2D eigenvalue weighted by molar-refractivity contribution is 5.71. The Hall–Kier alpha value is -2.09. The van der Waals surface area contributed by atoms with Crippen LogP contribution in [0.15, 0.2) is 18.2 Å². The van der Waals surface area contributed by atoms with E-state index in [0.29, 0.717) is 17.9 Å². The van der Waals surface area contributed by atoms with Crippen LogP contribution in [0.2, 0.25) is 0 Å². The number of carboxylic acid groups (broad SMARTS) is 1. The number of anilines is 1. The molecule has 5 nitrogen and oxygen atoms in total. The van der Waals surface area contributed by atoms with Crippen LogP contribution in [0.3, 0.4) is 0 Å². The molecule has 0 aromatic carbocycles. The van der Waals surface area contributed by atoms with Gasteiger partial charge in [-0.3, -0.25) is 4.79 Å². The van der Waals surface area contributed by atoms with Gasteiger partial charge in [0.1, 0.15) is 17.6 Å². The van der Waals surface area contributed by atoms with E-state index in [1.807, 2.05) is 26.0 Å². The molecule has 0 saturated heterocycles. The van der Waals surface area contributed by atoms with Crippen LogP contribution in [0.5, 0.6) is 0 Å². The summed E-state index contributed by atoms with van der Waals surface area (Å²) in [6, 6.07) is 7.49. The lowest BCUT2D eigenvalue weighted by Gasteiger charge is -2.46. The minimum absolute atomic E-state index is 0.164. The summed E-state index contributed by atoms with van der Waals surface area (Å²) in [5.41, 5.74) is 0.0975. The molecule has 112 valence electrons. The van der Waals surface area contributed by atoms with E-state index in [9.17, 15) is 9.90 Å². The Balaban J connectivity index is 2.15. The van der Waals surface area contributed by atoms with E-state index >= 15 is 0 Å². The molecule has 0 bridgehead atoms. The molecule has 1 aromatic rings. The molecular formula is C16H21N3O2. The Morgan fingerprint density at radius 3 is 2.81 bits per heavy atom. The number of rotatable bonds is 3. The molecule has 2 N–H and O–H groups in total. The van der Waals surface area contributed by atoms with Gasteiger partial charge in [-0.1, -0.05) is 26.8 Å². The molecule has 0 radical (unpaired) electrons. The summed E-state index contributed by atoms with van der Waals surface area (Å²) in [6.07, 6.45) is 1.45. The van der Waals surface area contributed by atoms with E-state index in [1.165, 1.54) is 0 Å². The molecule has 1 saturated carbocycles. The van der Waals surface area contributed by atoms with Gasteiger partial charge >= 0.3 is 5.97 Å². The molecule has 5 heteroatoms. The Morgan fingerprint density at radius 1 is 1.48 bits per heavy atom. The first-order chi connectivity index (χ1) is 9.86. The lowest BCUT2D eigenvalue weighted by molar-refractivity contribution is -0.149. The smallest absolute Gasteiger partial charge is 0.307 e. The van der Waals surface area contributed by atoms with Crippen LogP contribution in [-0.4, -0.2) is 22.1 Å². The summed E-state index contributed by atoms with van der Waals surface area (Å²) < 4.78 is 0. The third kappa shape index (κ3) is 2.99. The number of nitrogens with zero attached hydrogens (tertiary/aromatic N) is 2. The van der Waals surface area contributed by atoms with Crippen molar-refractivity contribution in [3.63, 3.8) is 0 Å². The number of nitriles is 1.